The highest BCUT2D eigenvalue weighted by Crippen LogP contribution is 1.97. The first-order valence-electron chi connectivity index (χ1n) is 4.01. The fourth-order valence-electron chi connectivity index (χ4n) is 0.683. The lowest BCUT2D eigenvalue weighted by Crippen LogP contribution is -2.46. The van der Waals surface area contributed by atoms with E-state index in [1.54, 1.807) is 0 Å². The summed E-state index contributed by atoms with van der Waals surface area (Å²) in [7, 11) is 0. The topological polar surface area (TPSA) is 55.1 Å². The molecule has 66 valence electrons. The fourth-order valence-corrected chi connectivity index (χ4v) is 0.683. The van der Waals surface area contributed by atoms with E-state index in [1.807, 2.05) is 27.7 Å². The lowest BCUT2D eigenvalue weighted by atomic mass is 10.0. The lowest BCUT2D eigenvalue weighted by Gasteiger charge is -2.16. The van der Waals surface area contributed by atoms with Gasteiger partial charge < -0.3 is 11.1 Å². The zero-order valence-corrected chi connectivity index (χ0v) is 7.72. The first-order valence-corrected chi connectivity index (χ1v) is 4.01. The van der Waals surface area contributed by atoms with Crippen LogP contribution < -0.4 is 11.1 Å². The molecule has 1 atom stereocenters. The third-order valence-corrected chi connectivity index (χ3v) is 1.45. The van der Waals surface area contributed by atoms with Gasteiger partial charge in [-0.15, -0.1) is 0 Å². The number of carbonyl (C=O) groups is 1. The predicted octanol–water partition coefficient (Wildman–Crippen LogP) is 0.494. The third-order valence-electron chi connectivity index (χ3n) is 1.45. The van der Waals surface area contributed by atoms with E-state index in [1.165, 1.54) is 0 Å². The number of nitrogens with one attached hydrogen (secondary N) is 1. The summed E-state index contributed by atoms with van der Waals surface area (Å²) in [6.45, 7) is 7.71. The van der Waals surface area contributed by atoms with E-state index in [4.69, 9.17) is 5.73 Å². The molecule has 0 aromatic rings. The molecule has 0 aliphatic carbocycles. The van der Waals surface area contributed by atoms with Crippen molar-refractivity contribution in [2.24, 2.45) is 11.7 Å². The SMILES string of the molecule is CC(C)NC(=O)[C@H](N)C(C)C. The van der Waals surface area contributed by atoms with Crippen molar-refractivity contribution in [3.8, 4) is 0 Å². The molecular formula is C8H18N2O. The van der Waals surface area contributed by atoms with Gasteiger partial charge in [-0.25, -0.2) is 0 Å². The van der Waals surface area contributed by atoms with Gasteiger partial charge in [-0.3, -0.25) is 4.79 Å². The van der Waals surface area contributed by atoms with Crippen LogP contribution in [0, 0.1) is 5.92 Å². The molecule has 0 radical (unpaired) electrons. The Morgan fingerprint density at radius 3 is 2.00 bits per heavy atom. The van der Waals surface area contributed by atoms with Gasteiger partial charge in [0.25, 0.3) is 0 Å². The highest BCUT2D eigenvalue weighted by atomic mass is 16.2. The molecule has 0 aromatic carbocycles. The van der Waals surface area contributed by atoms with E-state index < -0.39 is 0 Å². The van der Waals surface area contributed by atoms with Crippen LogP contribution in [0.15, 0.2) is 0 Å². The molecule has 0 unspecified atom stereocenters. The molecule has 0 aliphatic heterocycles. The molecule has 0 aliphatic rings. The molecule has 3 heteroatoms. The van der Waals surface area contributed by atoms with Gasteiger partial charge >= 0.3 is 0 Å². The molecule has 0 fully saturated rings. The Labute approximate surface area is 68.3 Å². The van der Waals surface area contributed by atoms with E-state index >= 15 is 0 Å². The molecule has 3 nitrogen and oxygen atoms in total. The Morgan fingerprint density at radius 2 is 1.73 bits per heavy atom. The number of carbonyl (C=O) groups excluding carboxylic acids is 1. The van der Waals surface area contributed by atoms with Crippen LogP contribution in [0.3, 0.4) is 0 Å². The zero-order chi connectivity index (χ0) is 9.02. The molecule has 0 bridgehead atoms. The van der Waals surface area contributed by atoms with E-state index in [0.29, 0.717) is 0 Å². The van der Waals surface area contributed by atoms with Gasteiger partial charge in [0.1, 0.15) is 0 Å². The number of hydrogen-bond acceptors (Lipinski definition) is 2. The van der Waals surface area contributed by atoms with Crippen molar-refractivity contribution in [3.05, 3.63) is 0 Å². The quantitative estimate of drug-likeness (QED) is 0.628. The summed E-state index contributed by atoms with van der Waals surface area (Å²) < 4.78 is 0. The Hall–Kier alpha value is -0.570. The van der Waals surface area contributed by atoms with E-state index in [-0.39, 0.29) is 23.9 Å². The molecule has 0 spiro atoms. The Morgan fingerprint density at radius 1 is 1.27 bits per heavy atom. The predicted molar refractivity (Wildman–Crippen MR) is 46.1 cm³/mol. The maximum absolute atomic E-state index is 11.2. The Balaban J connectivity index is 3.83. The van der Waals surface area contributed by atoms with Crippen molar-refractivity contribution in [1.29, 1.82) is 0 Å². The standard InChI is InChI=1S/C8H18N2O/c1-5(2)7(9)8(11)10-6(3)4/h5-7H,9H2,1-4H3,(H,10,11)/t7-/m1/s1. The lowest BCUT2D eigenvalue weighted by molar-refractivity contribution is -0.123. The summed E-state index contributed by atoms with van der Waals surface area (Å²) in [6, 6.07) is -0.204. The summed E-state index contributed by atoms with van der Waals surface area (Å²) in [4.78, 5) is 11.2. The van der Waals surface area contributed by atoms with Crippen molar-refractivity contribution in [2.75, 3.05) is 0 Å². The van der Waals surface area contributed by atoms with Gasteiger partial charge in [-0.2, -0.15) is 0 Å². The largest absolute Gasteiger partial charge is 0.353 e. The van der Waals surface area contributed by atoms with Crippen molar-refractivity contribution in [3.63, 3.8) is 0 Å². The van der Waals surface area contributed by atoms with Crippen molar-refractivity contribution < 1.29 is 4.79 Å². The highest BCUT2D eigenvalue weighted by Gasteiger charge is 2.16. The molecule has 0 saturated heterocycles. The normalized spacial score (nSPS) is 13.7. The zero-order valence-electron chi connectivity index (χ0n) is 7.72. The summed E-state index contributed by atoms with van der Waals surface area (Å²) in [5.74, 6) is 0.142. The van der Waals surface area contributed by atoms with Gasteiger partial charge in [-0.05, 0) is 19.8 Å². The third kappa shape index (κ3) is 3.98. The van der Waals surface area contributed by atoms with Crippen LogP contribution in [0.25, 0.3) is 0 Å². The van der Waals surface area contributed by atoms with Crippen LogP contribution in [0.4, 0.5) is 0 Å². The van der Waals surface area contributed by atoms with Gasteiger partial charge in [0, 0.05) is 6.04 Å². The molecule has 0 rings (SSSR count). The van der Waals surface area contributed by atoms with Crippen molar-refractivity contribution in [2.45, 2.75) is 39.8 Å². The summed E-state index contributed by atoms with van der Waals surface area (Å²) in [5, 5.41) is 2.76. The first-order chi connectivity index (χ1) is 4.95. The fraction of sp³-hybridized carbons (Fsp3) is 0.875. The summed E-state index contributed by atoms with van der Waals surface area (Å²) >= 11 is 0. The van der Waals surface area contributed by atoms with Crippen LogP contribution in [0.1, 0.15) is 27.7 Å². The maximum Gasteiger partial charge on any atom is 0.237 e. The average molecular weight is 158 g/mol. The minimum Gasteiger partial charge on any atom is -0.353 e. The average Bonchev–Trinajstić information content (AvgIpc) is 1.84. The Kier molecular flexibility index (Phi) is 4.11. The molecule has 11 heavy (non-hydrogen) atoms. The van der Waals surface area contributed by atoms with Crippen LogP contribution in [-0.2, 0) is 4.79 Å². The first kappa shape index (κ1) is 10.4. The van der Waals surface area contributed by atoms with E-state index in [2.05, 4.69) is 5.32 Å². The molecule has 3 N–H and O–H groups in total. The number of nitrogens with two attached hydrogens (primary N) is 1. The smallest absolute Gasteiger partial charge is 0.237 e. The number of amides is 1. The van der Waals surface area contributed by atoms with Crippen LogP contribution in [0.2, 0.25) is 0 Å². The summed E-state index contributed by atoms with van der Waals surface area (Å²) in [6.07, 6.45) is 0. The van der Waals surface area contributed by atoms with E-state index in [9.17, 15) is 4.79 Å². The second kappa shape index (κ2) is 4.34. The molecule has 1 amide bonds. The van der Waals surface area contributed by atoms with Crippen LogP contribution >= 0.6 is 0 Å². The van der Waals surface area contributed by atoms with E-state index in [0.717, 1.165) is 0 Å². The summed E-state index contributed by atoms with van der Waals surface area (Å²) in [5.41, 5.74) is 5.60. The molecular weight excluding hydrogens is 140 g/mol. The monoisotopic (exact) mass is 158 g/mol. The van der Waals surface area contributed by atoms with Crippen molar-refractivity contribution in [1.82, 2.24) is 5.32 Å². The van der Waals surface area contributed by atoms with Crippen LogP contribution in [-0.4, -0.2) is 18.0 Å². The minimum atomic E-state index is -0.377. The van der Waals surface area contributed by atoms with Gasteiger partial charge in [0.2, 0.25) is 5.91 Å². The van der Waals surface area contributed by atoms with Gasteiger partial charge in [-0.1, -0.05) is 13.8 Å². The molecule has 0 aromatic heterocycles. The highest BCUT2D eigenvalue weighted by molar-refractivity contribution is 5.81. The number of hydrogen-bond donors (Lipinski definition) is 2. The Bertz CT molecular complexity index is 132. The molecule has 0 heterocycles. The van der Waals surface area contributed by atoms with Gasteiger partial charge in [0.15, 0.2) is 0 Å². The number of rotatable bonds is 3. The minimum absolute atomic E-state index is 0.0602. The van der Waals surface area contributed by atoms with Gasteiger partial charge in [0.05, 0.1) is 6.04 Å². The second-order valence-electron chi connectivity index (χ2n) is 3.43. The molecule has 0 saturated carbocycles. The maximum atomic E-state index is 11.2. The second-order valence-corrected chi connectivity index (χ2v) is 3.43. The van der Waals surface area contributed by atoms with Crippen molar-refractivity contribution >= 4 is 5.91 Å². The van der Waals surface area contributed by atoms with Crippen LogP contribution in [0.5, 0.6) is 0 Å².